The van der Waals surface area contributed by atoms with Gasteiger partial charge in [0.1, 0.15) is 5.75 Å². The minimum atomic E-state index is -0.210. The third kappa shape index (κ3) is 5.53. The minimum absolute atomic E-state index is 0.0313. The Morgan fingerprint density at radius 1 is 1.08 bits per heavy atom. The second-order valence-electron chi connectivity index (χ2n) is 5.43. The summed E-state index contributed by atoms with van der Waals surface area (Å²) in [5.74, 6) is 0.637. The monoisotopic (exact) mass is 358 g/mol. The van der Waals surface area contributed by atoms with Crippen LogP contribution in [-0.2, 0) is 11.3 Å². The van der Waals surface area contributed by atoms with Crippen LogP contribution in [0.3, 0.4) is 0 Å². The van der Waals surface area contributed by atoms with Gasteiger partial charge in [0.25, 0.3) is 5.91 Å². The lowest BCUT2D eigenvalue weighted by molar-refractivity contribution is -0.120. The Labute approximate surface area is 152 Å². The van der Waals surface area contributed by atoms with Crippen LogP contribution in [0.4, 0.5) is 0 Å². The molecule has 1 atom stereocenters. The van der Waals surface area contributed by atoms with E-state index in [1.807, 2.05) is 43.3 Å². The van der Waals surface area contributed by atoms with Crippen molar-refractivity contribution in [2.24, 2.45) is 0 Å². The molecule has 0 bridgehead atoms. The smallest absolute Gasteiger partial charge is 0.251 e. The first-order valence-corrected chi connectivity index (χ1v) is 8.81. The lowest BCUT2D eigenvalue weighted by atomic mass is 10.1. The molecule has 0 radical (unpaired) electrons. The molecule has 25 heavy (non-hydrogen) atoms. The van der Waals surface area contributed by atoms with Crippen molar-refractivity contribution in [2.45, 2.75) is 23.6 Å². The van der Waals surface area contributed by atoms with Gasteiger partial charge in [-0.05, 0) is 48.9 Å². The molecule has 0 aliphatic heterocycles. The predicted octanol–water partition coefficient (Wildman–Crippen LogP) is 2.85. The molecule has 5 nitrogen and oxygen atoms in total. The molecule has 2 aromatic rings. The van der Waals surface area contributed by atoms with E-state index >= 15 is 0 Å². The number of rotatable bonds is 7. The molecule has 0 aliphatic carbocycles. The minimum Gasteiger partial charge on any atom is -0.497 e. The lowest BCUT2D eigenvalue weighted by Crippen LogP contribution is -2.30. The number of hydrogen-bond donors (Lipinski definition) is 2. The van der Waals surface area contributed by atoms with Crippen LogP contribution in [0.15, 0.2) is 53.4 Å². The maximum Gasteiger partial charge on any atom is 0.251 e. The molecular weight excluding hydrogens is 336 g/mol. The van der Waals surface area contributed by atoms with Gasteiger partial charge in [0.2, 0.25) is 5.91 Å². The van der Waals surface area contributed by atoms with Crippen LogP contribution in [0.25, 0.3) is 0 Å². The summed E-state index contributed by atoms with van der Waals surface area (Å²) in [6.45, 7) is 2.30. The van der Waals surface area contributed by atoms with E-state index in [0.29, 0.717) is 12.1 Å². The molecule has 132 valence electrons. The van der Waals surface area contributed by atoms with Crippen LogP contribution < -0.4 is 15.4 Å². The van der Waals surface area contributed by atoms with Crippen molar-refractivity contribution in [1.29, 1.82) is 0 Å². The number of ether oxygens (including phenoxy) is 1. The first-order valence-electron chi connectivity index (χ1n) is 7.93. The molecule has 6 heteroatoms. The van der Waals surface area contributed by atoms with Crippen molar-refractivity contribution < 1.29 is 14.3 Å². The quantitative estimate of drug-likeness (QED) is 0.747. The van der Waals surface area contributed by atoms with Crippen molar-refractivity contribution in [3.8, 4) is 5.75 Å². The number of nitrogens with one attached hydrogen (secondary N) is 2. The van der Waals surface area contributed by atoms with Crippen LogP contribution in [0.1, 0.15) is 22.8 Å². The van der Waals surface area contributed by atoms with Crippen molar-refractivity contribution in [3.63, 3.8) is 0 Å². The SMILES string of the molecule is CNC(=O)c1ccc(CNC(=O)C(C)Sc2ccc(OC)cc2)cc1. The number of carbonyl (C=O) groups is 2. The molecule has 0 spiro atoms. The average Bonchev–Trinajstić information content (AvgIpc) is 2.66. The third-order valence-electron chi connectivity index (χ3n) is 3.65. The molecule has 0 aromatic heterocycles. The maximum absolute atomic E-state index is 12.2. The molecule has 2 amide bonds. The van der Waals surface area contributed by atoms with E-state index < -0.39 is 0 Å². The molecular formula is C19H22N2O3S. The second kappa shape index (κ2) is 9.13. The Hall–Kier alpha value is -2.47. The van der Waals surface area contributed by atoms with Gasteiger partial charge in [-0.1, -0.05) is 12.1 Å². The van der Waals surface area contributed by atoms with Gasteiger partial charge >= 0.3 is 0 Å². The topological polar surface area (TPSA) is 67.4 Å². The van der Waals surface area contributed by atoms with Gasteiger partial charge in [-0.25, -0.2) is 0 Å². The Balaban J connectivity index is 1.85. The maximum atomic E-state index is 12.2. The van der Waals surface area contributed by atoms with Gasteiger partial charge in [-0.3, -0.25) is 9.59 Å². The molecule has 2 aromatic carbocycles. The number of carbonyl (C=O) groups excluding carboxylic acids is 2. The number of amides is 2. The zero-order valence-corrected chi connectivity index (χ0v) is 15.4. The van der Waals surface area contributed by atoms with Crippen LogP contribution in [0, 0.1) is 0 Å². The van der Waals surface area contributed by atoms with Gasteiger partial charge in [0.15, 0.2) is 0 Å². The molecule has 0 fully saturated rings. The largest absolute Gasteiger partial charge is 0.497 e. The number of methoxy groups -OCH3 is 1. The van der Waals surface area contributed by atoms with Gasteiger partial charge in [0, 0.05) is 24.1 Å². The van der Waals surface area contributed by atoms with Crippen molar-refractivity contribution in [1.82, 2.24) is 10.6 Å². The lowest BCUT2D eigenvalue weighted by Gasteiger charge is -2.12. The van der Waals surface area contributed by atoms with Crippen molar-refractivity contribution in [3.05, 3.63) is 59.7 Å². The van der Waals surface area contributed by atoms with E-state index in [1.54, 1.807) is 26.3 Å². The highest BCUT2D eigenvalue weighted by Gasteiger charge is 2.14. The van der Waals surface area contributed by atoms with E-state index in [-0.39, 0.29) is 17.1 Å². The summed E-state index contributed by atoms with van der Waals surface area (Å²) in [5.41, 5.74) is 1.55. The average molecular weight is 358 g/mol. The fourth-order valence-corrected chi connectivity index (χ4v) is 3.05. The molecule has 2 N–H and O–H groups in total. The first kappa shape index (κ1) is 18.9. The van der Waals surface area contributed by atoms with Gasteiger partial charge < -0.3 is 15.4 Å². The summed E-state index contributed by atoms with van der Waals surface area (Å²) in [6, 6.07) is 14.8. The Bertz CT molecular complexity index is 714. The Kier molecular flexibility index (Phi) is 6.89. The van der Waals surface area contributed by atoms with Gasteiger partial charge in [-0.15, -0.1) is 11.8 Å². The molecule has 0 saturated carbocycles. The number of thioether (sulfide) groups is 1. The summed E-state index contributed by atoms with van der Waals surface area (Å²) in [7, 11) is 3.22. The standard InChI is InChI=1S/C19H22N2O3S/c1-13(25-17-10-8-16(24-3)9-11-17)18(22)21-12-14-4-6-15(7-5-14)19(23)20-2/h4-11,13H,12H2,1-3H3,(H,20,23)(H,21,22). The van der Waals surface area contributed by atoms with Gasteiger partial charge in [0.05, 0.1) is 12.4 Å². The Morgan fingerprint density at radius 2 is 1.72 bits per heavy atom. The fourth-order valence-electron chi connectivity index (χ4n) is 2.16. The van der Waals surface area contributed by atoms with E-state index in [9.17, 15) is 9.59 Å². The number of benzene rings is 2. The Morgan fingerprint density at radius 3 is 2.28 bits per heavy atom. The van der Waals surface area contributed by atoms with E-state index in [4.69, 9.17) is 4.74 Å². The zero-order valence-electron chi connectivity index (χ0n) is 14.5. The van der Waals surface area contributed by atoms with E-state index in [2.05, 4.69) is 10.6 Å². The van der Waals surface area contributed by atoms with E-state index in [1.165, 1.54) is 11.8 Å². The summed E-state index contributed by atoms with van der Waals surface area (Å²) in [4.78, 5) is 24.8. The van der Waals surface area contributed by atoms with Gasteiger partial charge in [-0.2, -0.15) is 0 Å². The van der Waals surface area contributed by atoms with Crippen molar-refractivity contribution in [2.75, 3.05) is 14.2 Å². The highest BCUT2D eigenvalue weighted by Crippen LogP contribution is 2.25. The van der Waals surface area contributed by atoms with E-state index in [0.717, 1.165) is 16.2 Å². The third-order valence-corrected chi connectivity index (χ3v) is 4.76. The first-order chi connectivity index (χ1) is 12.0. The second-order valence-corrected chi connectivity index (χ2v) is 6.84. The highest BCUT2D eigenvalue weighted by molar-refractivity contribution is 8.00. The molecule has 0 saturated heterocycles. The molecule has 1 unspecified atom stereocenters. The zero-order chi connectivity index (χ0) is 18.2. The van der Waals surface area contributed by atoms with Crippen molar-refractivity contribution >= 4 is 23.6 Å². The summed E-state index contributed by atoms with van der Waals surface area (Å²) in [5, 5.41) is 5.29. The summed E-state index contributed by atoms with van der Waals surface area (Å²) < 4.78 is 5.13. The molecule has 0 heterocycles. The summed E-state index contributed by atoms with van der Waals surface area (Å²) >= 11 is 1.49. The number of hydrogen-bond acceptors (Lipinski definition) is 4. The fraction of sp³-hybridized carbons (Fsp3) is 0.263. The van der Waals surface area contributed by atoms with Crippen LogP contribution >= 0.6 is 11.8 Å². The van der Waals surface area contributed by atoms with Crippen LogP contribution in [0.2, 0.25) is 0 Å². The van der Waals surface area contributed by atoms with Crippen LogP contribution in [-0.4, -0.2) is 31.2 Å². The highest BCUT2D eigenvalue weighted by atomic mass is 32.2. The normalized spacial score (nSPS) is 11.5. The molecule has 0 aliphatic rings. The summed E-state index contributed by atoms with van der Waals surface area (Å²) in [6.07, 6.45) is 0. The van der Waals surface area contributed by atoms with Crippen LogP contribution in [0.5, 0.6) is 5.75 Å². The predicted molar refractivity (Wildman–Crippen MR) is 100.0 cm³/mol. The molecule has 2 rings (SSSR count).